The Balaban J connectivity index is 2.06. The van der Waals surface area contributed by atoms with Crippen molar-refractivity contribution in [2.24, 2.45) is 0 Å². The Morgan fingerprint density at radius 2 is 1.95 bits per heavy atom. The molecule has 2 N–H and O–H groups in total. The molecule has 2 aromatic rings. The fraction of sp³-hybridized carbons (Fsp3) is 0.286. The first-order valence-corrected chi connectivity index (χ1v) is 9.82. The van der Waals surface area contributed by atoms with Crippen LogP contribution in [0.2, 0.25) is 0 Å². The van der Waals surface area contributed by atoms with Gasteiger partial charge in [0.15, 0.2) is 0 Å². The number of aryl methyl sites for hydroxylation is 2. The maximum atomic E-state index is 11.3. The Morgan fingerprint density at radius 1 is 1.24 bits per heavy atom. The predicted molar refractivity (Wildman–Crippen MR) is 93.7 cm³/mol. The van der Waals surface area contributed by atoms with Gasteiger partial charge in [0.25, 0.3) is 0 Å². The molecule has 0 unspecified atom stereocenters. The molecule has 0 aliphatic heterocycles. The van der Waals surface area contributed by atoms with Crippen molar-refractivity contribution in [3.63, 3.8) is 0 Å². The minimum absolute atomic E-state index is 0.609. The SMILES string of the molecule is Cc1cc(NCc2cc(Br)c(C)s2)ccc1NS(C)(=O)=O. The van der Waals surface area contributed by atoms with Crippen LogP contribution in [-0.2, 0) is 16.6 Å². The zero-order valence-corrected chi connectivity index (χ0v) is 15.2. The molecule has 0 saturated heterocycles. The van der Waals surface area contributed by atoms with E-state index in [9.17, 15) is 8.42 Å². The number of halogens is 1. The number of hydrogen-bond donors (Lipinski definition) is 2. The Hall–Kier alpha value is -1.05. The standard InChI is InChI=1S/C14H17BrN2O2S2/c1-9-6-11(4-5-14(9)17-21(3,18)19)16-8-12-7-13(15)10(2)20-12/h4-7,16-17H,8H2,1-3H3. The van der Waals surface area contributed by atoms with Crippen molar-refractivity contribution in [2.75, 3.05) is 16.3 Å². The topological polar surface area (TPSA) is 58.2 Å². The van der Waals surface area contributed by atoms with Crippen molar-refractivity contribution in [1.29, 1.82) is 0 Å². The molecule has 0 aliphatic carbocycles. The van der Waals surface area contributed by atoms with Crippen LogP contribution in [0.5, 0.6) is 0 Å². The number of nitrogens with one attached hydrogen (secondary N) is 2. The van der Waals surface area contributed by atoms with Gasteiger partial charge in [-0.2, -0.15) is 0 Å². The molecule has 0 spiro atoms. The molecule has 114 valence electrons. The second-order valence-electron chi connectivity index (χ2n) is 4.87. The van der Waals surface area contributed by atoms with E-state index < -0.39 is 10.0 Å². The second kappa shape index (κ2) is 6.37. The zero-order valence-electron chi connectivity index (χ0n) is 12.0. The summed E-state index contributed by atoms with van der Waals surface area (Å²) in [6, 6.07) is 7.69. The molecule has 0 atom stereocenters. The minimum atomic E-state index is -3.24. The average molecular weight is 389 g/mol. The predicted octanol–water partition coefficient (Wildman–Crippen LogP) is 4.11. The fourth-order valence-electron chi connectivity index (χ4n) is 1.88. The maximum absolute atomic E-state index is 11.3. The molecular weight excluding hydrogens is 372 g/mol. The minimum Gasteiger partial charge on any atom is -0.380 e. The summed E-state index contributed by atoms with van der Waals surface area (Å²) in [5.41, 5.74) is 2.46. The number of benzene rings is 1. The highest BCUT2D eigenvalue weighted by Crippen LogP contribution is 2.27. The molecular formula is C14H17BrN2O2S2. The number of rotatable bonds is 5. The van der Waals surface area contributed by atoms with Crippen LogP contribution in [0.25, 0.3) is 0 Å². The van der Waals surface area contributed by atoms with Crippen molar-refractivity contribution < 1.29 is 8.42 Å². The lowest BCUT2D eigenvalue weighted by Crippen LogP contribution is -2.10. The van der Waals surface area contributed by atoms with E-state index in [0.717, 1.165) is 28.5 Å². The van der Waals surface area contributed by atoms with E-state index in [-0.39, 0.29) is 0 Å². The van der Waals surface area contributed by atoms with E-state index >= 15 is 0 Å². The van der Waals surface area contributed by atoms with Crippen molar-refractivity contribution in [1.82, 2.24) is 0 Å². The lowest BCUT2D eigenvalue weighted by Gasteiger charge is -2.11. The van der Waals surface area contributed by atoms with Gasteiger partial charge in [0.2, 0.25) is 10.0 Å². The van der Waals surface area contributed by atoms with Gasteiger partial charge in [-0.1, -0.05) is 0 Å². The van der Waals surface area contributed by atoms with Crippen molar-refractivity contribution in [3.05, 3.63) is 44.1 Å². The summed E-state index contributed by atoms with van der Waals surface area (Å²) in [7, 11) is -3.24. The third-order valence-corrected chi connectivity index (χ3v) is 5.62. The van der Waals surface area contributed by atoms with E-state index in [1.54, 1.807) is 17.4 Å². The van der Waals surface area contributed by atoms with Gasteiger partial charge >= 0.3 is 0 Å². The molecule has 1 aromatic heterocycles. The summed E-state index contributed by atoms with van der Waals surface area (Å²) < 4.78 is 26.1. The molecule has 0 saturated carbocycles. The van der Waals surface area contributed by atoms with Gasteiger partial charge in [0, 0.05) is 26.5 Å². The fourth-order valence-corrected chi connectivity index (χ4v) is 4.05. The Bertz CT molecular complexity index is 735. The van der Waals surface area contributed by atoms with Gasteiger partial charge in [0.1, 0.15) is 0 Å². The van der Waals surface area contributed by atoms with E-state index in [2.05, 4.69) is 39.0 Å². The zero-order chi connectivity index (χ0) is 15.6. The van der Waals surface area contributed by atoms with Crippen LogP contribution < -0.4 is 10.0 Å². The van der Waals surface area contributed by atoms with Crippen LogP contribution in [0.3, 0.4) is 0 Å². The Morgan fingerprint density at radius 3 is 2.48 bits per heavy atom. The van der Waals surface area contributed by atoms with Gasteiger partial charge in [-0.25, -0.2) is 8.42 Å². The van der Waals surface area contributed by atoms with E-state index in [1.165, 1.54) is 9.75 Å². The van der Waals surface area contributed by atoms with E-state index in [1.807, 2.05) is 19.1 Å². The van der Waals surface area contributed by atoms with Crippen molar-refractivity contribution in [2.45, 2.75) is 20.4 Å². The summed E-state index contributed by atoms with van der Waals surface area (Å²) >= 11 is 5.26. The van der Waals surface area contributed by atoms with Gasteiger partial charge < -0.3 is 5.32 Å². The third kappa shape index (κ3) is 4.72. The highest BCUT2D eigenvalue weighted by molar-refractivity contribution is 9.10. The molecule has 7 heteroatoms. The van der Waals surface area contributed by atoms with Crippen LogP contribution in [0, 0.1) is 13.8 Å². The van der Waals surface area contributed by atoms with E-state index in [0.29, 0.717) is 5.69 Å². The van der Waals surface area contributed by atoms with Crippen LogP contribution in [0.1, 0.15) is 15.3 Å². The average Bonchev–Trinajstić information content (AvgIpc) is 2.68. The molecule has 1 aromatic carbocycles. The third-order valence-electron chi connectivity index (χ3n) is 2.90. The summed E-state index contributed by atoms with van der Waals surface area (Å²) in [4.78, 5) is 2.51. The first-order chi connectivity index (χ1) is 9.74. The lowest BCUT2D eigenvalue weighted by molar-refractivity contribution is 0.607. The van der Waals surface area contributed by atoms with Crippen LogP contribution in [0.15, 0.2) is 28.7 Å². The molecule has 21 heavy (non-hydrogen) atoms. The van der Waals surface area contributed by atoms with Crippen molar-refractivity contribution >= 4 is 48.7 Å². The largest absolute Gasteiger partial charge is 0.380 e. The summed E-state index contributed by atoms with van der Waals surface area (Å²) in [5.74, 6) is 0. The van der Waals surface area contributed by atoms with Crippen LogP contribution in [0.4, 0.5) is 11.4 Å². The van der Waals surface area contributed by atoms with Gasteiger partial charge in [-0.3, -0.25) is 4.72 Å². The highest BCUT2D eigenvalue weighted by Gasteiger charge is 2.06. The smallest absolute Gasteiger partial charge is 0.229 e. The number of sulfonamides is 1. The summed E-state index contributed by atoms with van der Waals surface area (Å²) in [6.45, 7) is 4.70. The van der Waals surface area contributed by atoms with Gasteiger partial charge in [-0.05, 0) is 59.6 Å². The summed E-state index contributed by atoms with van der Waals surface area (Å²) in [6.07, 6.45) is 1.15. The molecule has 2 rings (SSSR count). The Labute approximate surface area is 137 Å². The molecule has 4 nitrogen and oxygen atoms in total. The summed E-state index contributed by atoms with van der Waals surface area (Å²) in [5, 5.41) is 3.34. The van der Waals surface area contributed by atoms with Crippen LogP contribution in [-0.4, -0.2) is 14.7 Å². The first kappa shape index (κ1) is 16.3. The van der Waals surface area contributed by atoms with Crippen molar-refractivity contribution in [3.8, 4) is 0 Å². The molecule has 0 fully saturated rings. The number of hydrogen-bond acceptors (Lipinski definition) is 4. The molecule has 1 heterocycles. The number of anilines is 2. The maximum Gasteiger partial charge on any atom is 0.229 e. The molecule has 0 aliphatic rings. The first-order valence-electron chi connectivity index (χ1n) is 6.32. The highest BCUT2D eigenvalue weighted by atomic mass is 79.9. The van der Waals surface area contributed by atoms with E-state index in [4.69, 9.17) is 0 Å². The monoisotopic (exact) mass is 388 g/mol. The van der Waals surface area contributed by atoms with Crippen LogP contribution >= 0.6 is 27.3 Å². The molecule has 0 amide bonds. The quantitative estimate of drug-likeness (QED) is 0.809. The van der Waals surface area contributed by atoms with Gasteiger partial charge in [-0.15, -0.1) is 11.3 Å². The normalized spacial score (nSPS) is 11.4. The molecule has 0 bridgehead atoms. The van der Waals surface area contributed by atoms with Gasteiger partial charge in [0.05, 0.1) is 11.9 Å². The second-order valence-corrected chi connectivity index (χ2v) is 8.82. The molecule has 0 radical (unpaired) electrons. The number of thiophene rings is 1. The Kier molecular flexibility index (Phi) is 4.95. The lowest BCUT2D eigenvalue weighted by atomic mass is 10.2.